The molecule has 0 spiro atoms. The minimum atomic E-state index is -0.517. The van der Waals surface area contributed by atoms with Crippen molar-refractivity contribution in [3.05, 3.63) is 65.0 Å². The van der Waals surface area contributed by atoms with E-state index in [1.54, 1.807) is 14.2 Å². The fraction of sp³-hybridized carbons (Fsp3) is 0.217. The Morgan fingerprint density at radius 2 is 1.90 bits per heavy atom. The lowest BCUT2D eigenvalue weighted by molar-refractivity contribution is 0.311. The van der Waals surface area contributed by atoms with Crippen LogP contribution >= 0.6 is 0 Å². The molecule has 0 bridgehead atoms. The summed E-state index contributed by atoms with van der Waals surface area (Å²) in [7, 11) is 3.17. The molecule has 0 aliphatic carbocycles. The summed E-state index contributed by atoms with van der Waals surface area (Å²) in [5.41, 5.74) is 9.33. The SMILES string of the molecule is CCOc1ccc(-c2[nH]nc3c2[C@H](c2ccccc2OC)C(C#N)=C(N)O3)cc1OC. The van der Waals surface area contributed by atoms with E-state index in [0.29, 0.717) is 41.0 Å². The fourth-order valence-electron chi connectivity index (χ4n) is 3.78. The van der Waals surface area contributed by atoms with Gasteiger partial charge in [0.15, 0.2) is 11.5 Å². The number of aromatic amines is 1. The van der Waals surface area contributed by atoms with Gasteiger partial charge in [0.25, 0.3) is 0 Å². The zero-order valence-corrected chi connectivity index (χ0v) is 17.4. The van der Waals surface area contributed by atoms with Crippen LogP contribution in [0.5, 0.6) is 23.1 Å². The van der Waals surface area contributed by atoms with E-state index < -0.39 is 5.92 Å². The molecule has 2 heterocycles. The average molecular weight is 418 g/mol. The van der Waals surface area contributed by atoms with Gasteiger partial charge in [0.1, 0.15) is 17.4 Å². The van der Waals surface area contributed by atoms with E-state index in [2.05, 4.69) is 16.3 Å². The molecule has 3 N–H and O–H groups in total. The highest BCUT2D eigenvalue weighted by Gasteiger charge is 2.37. The van der Waals surface area contributed by atoms with Crippen LogP contribution in [0, 0.1) is 11.3 Å². The fourth-order valence-corrected chi connectivity index (χ4v) is 3.78. The quantitative estimate of drug-likeness (QED) is 0.627. The first kappa shape index (κ1) is 20.2. The molecule has 2 aromatic carbocycles. The van der Waals surface area contributed by atoms with Crippen molar-refractivity contribution in [1.29, 1.82) is 5.26 Å². The maximum absolute atomic E-state index is 9.88. The number of benzene rings is 2. The molecule has 0 fully saturated rings. The smallest absolute Gasteiger partial charge is 0.244 e. The summed E-state index contributed by atoms with van der Waals surface area (Å²) in [5.74, 6) is 1.68. The van der Waals surface area contributed by atoms with Gasteiger partial charge in [0.2, 0.25) is 11.8 Å². The van der Waals surface area contributed by atoms with Gasteiger partial charge in [0, 0.05) is 11.1 Å². The molecular weight excluding hydrogens is 396 g/mol. The van der Waals surface area contributed by atoms with Crippen LogP contribution in [0.4, 0.5) is 0 Å². The second-order valence-corrected chi connectivity index (χ2v) is 6.78. The van der Waals surface area contributed by atoms with Crippen LogP contribution in [0.25, 0.3) is 11.3 Å². The molecule has 0 unspecified atom stereocenters. The normalized spacial score (nSPS) is 15.0. The Labute approximate surface area is 179 Å². The van der Waals surface area contributed by atoms with E-state index in [4.69, 9.17) is 24.7 Å². The van der Waals surface area contributed by atoms with Crippen LogP contribution in [0.1, 0.15) is 24.0 Å². The number of rotatable bonds is 6. The summed E-state index contributed by atoms with van der Waals surface area (Å²) in [4.78, 5) is 0. The Bertz CT molecular complexity index is 1190. The number of ether oxygens (including phenoxy) is 4. The molecule has 1 aliphatic rings. The number of H-pyrrole nitrogens is 1. The largest absolute Gasteiger partial charge is 0.496 e. The van der Waals surface area contributed by atoms with Crippen LogP contribution in [0.15, 0.2) is 53.9 Å². The van der Waals surface area contributed by atoms with Gasteiger partial charge in [-0.2, -0.15) is 5.26 Å². The number of nitrogens with two attached hydrogens (primary N) is 1. The summed E-state index contributed by atoms with van der Waals surface area (Å²) in [5, 5.41) is 17.2. The number of hydrogen-bond acceptors (Lipinski definition) is 7. The predicted molar refractivity (Wildman–Crippen MR) is 114 cm³/mol. The lowest BCUT2D eigenvalue weighted by atomic mass is 9.82. The summed E-state index contributed by atoms with van der Waals surface area (Å²) in [6.45, 7) is 2.43. The number of nitrogens with zero attached hydrogens (tertiary/aromatic N) is 2. The first-order valence-electron chi connectivity index (χ1n) is 9.72. The Morgan fingerprint density at radius 3 is 2.61 bits per heavy atom. The molecule has 1 aromatic heterocycles. The van der Waals surface area contributed by atoms with Crippen LogP contribution in [-0.4, -0.2) is 31.0 Å². The maximum atomic E-state index is 9.88. The van der Waals surface area contributed by atoms with Gasteiger partial charge in [0.05, 0.1) is 38.0 Å². The van der Waals surface area contributed by atoms with Crippen molar-refractivity contribution in [2.24, 2.45) is 5.73 Å². The molecule has 31 heavy (non-hydrogen) atoms. The first-order valence-corrected chi connectivity index (χ1v) is 9.72. The van der Waals surface area contributed by atoms with Gasteiger partial charge in [-0.05, 0) is 31.2 Å². The minimum Gasteiger partial charge on any atom is -0.496 e. The monoisotopic (exact) mass is 418 g/mol. The molecule has 1 aliphatic heterocycles. The van der Waals surface area contributed by atoms with Crippen LogP contribution in [0.3, 0.4) is 0 Å². The van der Waals surface area contributed by atoms with Crippen LogP contribution in [0.2, 0.25) is 0 Å². The van der Waals surface area contributed by atoms with Gasteiger partial charge in [-0.25, -0.2) is 0 Å². The third-order valence-electron chi connectivity index (χ3n) is 5.14. The number of fused-ring (bicyclic) bond motifs is 1. The second-order valence-electron chi connectivity index (χ2n) is 6.78. The summed E-state index contributed by atoms with van der Waals surface area (Å²) in [6, 6.07) is 15.3. The summed E-state index contributed by atoms with van der Waals surface area (Å²) < 4.78 is 22.4. The zero-order valence-electron chi connectivity index (χ0n) is 17.4. The number of allylic oxidation sites excluding steroid dienone is 1. The summed E-state index contributed by atoms with van der Waals surface area (Å²) in [6.07, 6.45) is 0. The molecular formula is C23H22N4O4. The van der Waals surface area contributed by atoms with Gasteiger partial charge >= 0.3 is 0 Å². The molecule has 3 aromatic rings. The lowest BCUT2D eigenvalue weighted by Crippen LogP contribution is -2.21. The van der Waals surface area contributed by atoms with Crippen molar-refractivity contribution in [2.75, 3.05) is 20.8 Å². The molecule has 4 rings (SSSR count). The molecule has 0 saturated carbocycles. The molecule has 0 radical (unpaired) electrons. The number of methoxy groups -OCH3 is 2. The van der Waals surface area contributed by atoms with Crippen LogP contribution in [-0.2, 0) is 0 Å². The zero-order chi connectivity index (χ0) is 22.0. The number of aromatic nitrogens is 2. The highest BCUT2D eigenvalue weighted by atomic mass is 16.5. The maximum Gasteiger partial charge on any atom is 0.244 e. The Hall–Kier alpha value is -4.12. The number of hydrogen-bond donors (Lipinski definition) is 2. The van der Waals surface area contributed by atoms with Crippen molar-refractivity contribution >= 4 is 0 Å². The van der Waals surface area contributed by atoms with E-state index >= 15 is 0 Å². The van der Waals surface area contributed by atoms with Crippen molar-refractivity contribution in [3.8, 4) is 40.5 Å². The van der Waals surface area contributed by atoms with E-state index in [1.807, 2.05) is 49.4 Å². The standard InChI is InChI=1S/C23H22N4O4/c1-4-30-17-10-9-13(11-18(17)29-3)21-20-19(14-7-5-6-8-16(14)28-2)15(12-24)22(25)31-23(20)27-26-21/h5-11,19H,4,25H2,1-3H3,(H,26,27)/t19-/m1/s1. The highest BCUT2D eigenvalue weighted by molar-refractivity contribution is 5.73. The van der Waals surface area contributed by atoms with Crippen molar-refractivity contribution in [1.82, 2.24) is 10.2 Å². The first-order chi connectivity index (χ1) is 15.1. The van der Waals surface area contributed by atoms with E-state index in [9.17, 15) is 5.26 Å². The van der Waals surface area contributed by atoms with Gasteiger partial charge < -0.3 is 24.7 Å². The Kier molecular flexibility index (Phi) is 5.41. The highest BCUT2D eigenvalue weighted by Crippen LogP contribution is 2.48. The minimum absolute atomic E-state index is 0.0215. The van der Waals surface area contributed by atoms with Gasteiger partial charge in [-0.1, -0.05) is 18.2 Å². The molecule has 1 atom stereocenters. The van der Waals surface area contributed by atoms with Crippen molar-refractivity contribution in [2.45, 2.75) is 12.8 Å². The average Bonchev–Trinajstić information content (AvgIpc) is 3.21. The Morgan fingerprint density at radius 1 is 1.13 bits per heavy atom. The summed E-state index contributed by atoms with van der Waals surface area (Å²) >= 11 is 0. The van der Waals surface area contributed by atoms with E-state index in [0.717, 1.165) is 11.1 Å². The topological polar surface area (TPSA) is 115 Å². The van der Waals surface area contributed by atoms with E-state index in [1.165, 1.54) is 0 Å². The van der Waals surface area contributed by atoms with E-state index in [-0.39, 0.29) is 11.5 Å². The molecule has 158 valence electrons. The molecule has 8 heteroatoms. The second kappa shape index (κ2) is 8.32. The number of nitriles is 1. The van der Waals surface area contributed by atoms with Crippen LogP contribution < -0.4 is 24.7 Å². The van der Waals surface area contributed by atoms with Crippen molar-refractivity contribution < 1.29 is 18.9 Å². The lowest BCUT2D eigenvalue weighted by Gasteiger charge is -2.25. The number of nitrogens with one attached hydrogen (secondary N) is 1. The molecule has 8 nitrogen and oxygen atoms in total. The molecule has 0 saturated heterocycles. The Balaban J connectivity index is 1.92. The predicted octanol–water partition coefficient (Wildman–Crippen LogP) is 3.71. The van der Waals surface area contributed by atoms with Crippen molar-refractivity contribution in [3.63, 3.8) is 0 Å². The third kappa shape index (κ3) is 3.40. The van der Waals surface area contributed by atoms with Gasteiger partial charge in [-0.3, -0.25) is 5.10 Å². The molecule has 0 amide bonds. The number of para-hydroxylation sites is 1. The van der Waals surface area contributed by atoms with Gasteiger partial charge in [-0.15, -0.1) is 5.10 Å². The third-order valence-corrected chi connectivity index (χ3v) is 5.14.